The second kappa shape index (κ2) is 3.53. The van der Waals surface area contributed by atoms with E-state index in [0.29, 0.717) is 12.1 Å². The van der Waals surface area contributed by atoms with Gasteiger partial charge in [-0.25, -0.2) is 10.4 Å². The average Bonchev–Trinajstić information content (AvgIpc) is 2.52. The highest BCUT2D eigenvalue weighted by Crippen LogP contribution is 2.20. The minimum atomic E-state index is 0.332. The molecule has 0 aromatic heterocycles. The molecule has 2 heterocycles. The van der Waals surface area contributed by atoms with Crippen molar-refractivity contribution in [2.24, 2.45) is 11.7 Å². The summed E-state index contributed by atoms with van der Waals surface area (Å²) >= 11 is 0. The molecule has 5 N–H and O–H groups in total. The molecule has 2 atom stereocenters. The van der Waals surface area contributed by atoms with E-state index >= 15 is 0 Å². The molecule has 1 fully saturated rings. The number of hydrazine groups is 1. The number of nitrogens with two attached hydrogens (primary N) is 1. The monoisotopic (exact) mass is 183 g/mol. The first-order valence-corrected chi connectivity index (χ1v) is 4.67. The van der Waals surface area contributed by atoms with Gasteiger partial charge >= 0.3 is 0 Å². The van der Waals surface area contributed by atoms with Crippen molar-refractivity contribution in [2.75, 3.05) is 20.3 Å². The zero-order chi connectivity index (χ0) is 9.26. The Labute approximate surface area is 78.3 Å². The molecule has 1 saturated heterocycles. The van der Waals surface area contributed by atoms with E-state index in [-0.39, 0.29) is 0 Å². The normalized spacial score (nSPS) is 35.6. The third-order valence-corrected chi connectivity index (χ3v) is 2.73. The second-order valence-electron chi connectivity index (χ2n) is 3.59. The van der Waals surface area contributed by atoms with Crippen molar-refractivity contribution in [1.29, 1.82) is 0 Å². The first kappa shape index (κ1) is 8.80. The molecule has 2 unspecified atom stereocenters. The van der Waals surface area contributed by atoms with Crippen LogP contribution in [-0.4, -0.2) is 31.4 Å². The highest BCUT2D eigenvalue weighted by Gasteiger charge is 2.31. The van der Waals surface area contributed by atoms with Crippen LogP contribution in [0.3, 0.4) is 0 Å². The van der Waals surface area contributed by atoms with Crippen LogP contribution in [0.5, 0.6) is 0 Å². The Hall–Kier alpha value is -0.780. The lowest BCUT2D eigenvalue weighted by Gasteiger charge is -2.31. The minimum Gasteiger partial charge on any atom is -0.401 e. The molecule has 0 aliphatic carbocycles. The van der Waals surface area contributed by atoms with Gasteiger partial charge in [-0.2, -0.15) is 0 Å². The summed E-state index contributed by atoms with van der Waals surface area (Å²) in [5.41, 5.74) is 10.1. The Bertz CT molecular complexity index is 215. The lowest BCUT2D eigenvalue weighted by Crippen LogP contribution is -2.46. The van der Waals surface area contributed by atoms with E-state index in [1.165, 1.54) is 0 Å². The number of hydrogen-bond acceptors (Lipinski definition) is 5. The van der Waals surface area contributed by atoms with E-state index in [9.17, 15) is 0 Å². The van der Waals surface area contributed by atoms with Crippen LogP contribution in [-0.2, 0) is 0 Å². The first-order chi connectivity index (χ1) is 6.29. The Morgan fingerprint density at radius 2 is 2.46 bits per heavy atom. The zero-order valence-corrected chi connectivity index (χ0v) is 7.88. The fourth-order valence-corrected chi connectivity index (χ4v) is 1.97. The van der Waals surface area contributed by atoms with Crippen LogP contribution < -0.4 is 21.8 Å². The van der Waals surface area contributed by atoms with Crippen molar-refractivity contribution in [3.63, 3.8) is 0 Å². The third-order valence-electron chi connectivity index (χ3n) is 2.73. The molecule has 0 radical (unpaired) electrons. The van der Waals surface area contributed by atoms with Crippen molar-refractivity contribution in [2.45, 2.75) is 12.6 Å². The first-order valence-electron chi connectivity index (χ1n) is 4.67. The highest BCUT2D eigenvalue weighted by atomic mass is 15.6. The van der Waals surface area contributed by atoms with Crippen LogP contribution in [0.1, 0.15) is 6.42 Å². The van der Waals surface area contributed by atoms with Gasteiger partial charge in [-0.15, -0.1) is 0 Å². The maximum Gasteiger partial charge on any atom is 0.0825 e. The summed E-state index contributed by atoms with van der Waals surface area (Å²) in [6.45, 7) is 1.84. The molecule has 2 aliphatic heterocycles. The Morgan fingerprint density at radius 3 is 3.08 bits per heavy atom. The Morgan fingerprint density at radius 1 is 1.62 bits per heavy atom. The standard InChI is InChI=1S/C8H17N5/c1-13-8(11-5-12-13)6-2-3-10-4-7(6)9/h4,6,8,10-12H,2-3,5,9H2,1H3. The number of nitrogens with zero attached hydrogens (tertiary/aromatic N) is 1. The van der Waals surface area contributed by atoms with E-state index < -0.39 is 0 Å². The second-order valence-corrected chi connectivity index (χ2v) is 3.59. The van der Waals surface area contributed by atoms with Gasteiger partial charge in [0.1, 0.15) is 0 Å². The van der Waals surface area contributed by atoms with Gasteiger partial charge in [0.2, 0.25) is 0 Å². The van der Waals surface area contributed by atoms with E-state index in [1.54, 1.807) is 0 Å². The van der Waals surface area contributed by atoms with E-state index in [4.69, 9.17) is 5.73 Å². The molecule has 0 saturated carbocycles. The van der Waals surface area contributed by atoms with Gasteiger partial charge in [-0.05, 0) is 6.42 Å². The molecular formula is C8H17N5. The molecule has 0 amide bonds. The van der Waals surface area contributed by atoms with Crippen LogP contribution in [0, 0.1) is 5.92 Å². The number of hydrogen-bond donors (Lipinski definition) is 4. The van der Waals surface area contributed by atoms with Crippen LogP contribution in [0.2, 0.25) is 0 Å². The summed E-state index contributed by atoms with van der Waals surface area (Å²) in [5, 5.41) is 8.62. The largest absolute Gasteiger partial charge is 0.401 e. The molecule has 2 aliphatic rings. The SMILES string of the molecule is CN1NCNC1C1CCNC=C1N. The molecule has 0 aromatic rings. The molecule has 13 heavy (non-hydrogen) atoms. The van der Waals surface area contributed by atoms with Crippen molar-refractivity contribution in [3.8, 4) is 0 Å². The minimum absolute atomic E-state index is 0.332. The van der Waals surface area contributed by atoms with Gasteiger partial charge in [0.05, 0.1) is 12.8 Å². The lowest BCUT2D eigenvalue weighted by molar-refractivity contribution is 0.173. The quantitative estimate of drug-likeness (QED) is 0.408. The van der Waals surface area contributed by atoms with Gasteiger partial charge in [-0.3, -0.25) is 5.32 Å². The van der Waals surface area contributed by atoms with Crippen LogP contribution in [0.15, 0.2) is 11.9 Å². The van der Waals surface area contributed by atoms with Crippen molar-refractivity contribution in [3.05, 3.63) is 11.9 Å². The summed E-state index contributed by atoms with van der Waals surface area (Å²) in [7, 11) is 2.04. The van der Waals surface area contributed by atoms with E-state index in [0.717, 1.165) is 25.3 Å². The maximum atomic E-state index is 5.93. The fraction of sp³-hybridized carbons (Fsp3) is 0.750. The molecular weight excluding hydrogens is 166 g/mol. The highest BCUT2D eigenvalue weighted by molar-refractivity contribution is 5.08. The molecule has 2 rings (SSSR count). The van der Waals surface area contributed by atoms with Crippen molar-refractivity contribution in [1.82, 2.24) is 21.1 Å². The van der Waals surface area contributed by atoms with Crippen molar-refractivity contribution >= 4 is 0 Å². The number of nitrogens with one attached hydrogen (secondary N) is 3. The van der Waals surface area contributed by atoms with Crippen LogP contribution >= 0.6 is 0 Å². The fourth-order valence-electron chi connectivity index (χ4n) is 1.97. The molecule has 74 valence electrons. The molecule has 0 aromatic carbocycles. The average molecular weight is 183 g/mol. The van der Waals surface area contributed by atoms with Gasteiger partial charge < -0.3 is 11.1 Å². The van der Waals surface area contributed by atoms with E-state index in [2.05, 4.69) is 21.1 Å². The summed E-state index contributed by atoms with van der Waals surface area (Å²) in [5.74, 6) is 0.418. The summed E-state index contributed by atoms with van der Waals surface area (Å²) < 4.78 is 0. The molecule has 5 heteroatoms. The molecule has 0 spiro atoms. The Kier molecular flexibility index (Phi) is 2.39. The topological polar surface area (TPSA) is 65.3 Å². The maximum absolute atomic E-state index is 5.93. The lowest BCUT2D eigenvalue weighted by atomic mass is 9.96. The third kappa shape index (κ3) is 1.63. The van der Waals surface area contributed by atoms with Crippen LogP contribution in [0.4, 0.5) is 0 Å². The van der Waals surface area contributed by atoms with Gasteiger partial charge in [0.25, 0.3) is 0 Å². The summed E-state index contributed by atoms with van der Waals surface area (Å²) in [6.07, 6.45) is 3.34. The summed E-state index contributed by atoms with van der Waals surface area (Å²) in [4.78, 5) is 0. The predicted molar refractivity (Wildman–Crippen MR) is 51.1 cm³/mol. The predicted octanol–water partition coefficient (Wildman–Crippen LogP) is -1.28. The van der Waals surface area contributed by atoms with Crippen molar-refractivity contribution < 1.29 is 0 Å². The molecule has 5 nitrogen and oxygen atoms in total. The van der Waals surface area contributed by atoms with Gasteiger partial charge in [0.15, 0.2) is 0 Å². The Balaban J connectivity index is 2.06. The van der Waals surface area contributed by atoms with Gasteiger partial charge in [-0.1, -0.05) is 0 Å². The molecule has 0 bridgehead atoms. The summed E-state index contributed by atoms with van der Waals surface area (Å²) in [6, 6.07) is 0. The smallest absolute Gasteiger partial charge is 0.0825 e. The zero-order valence-electron chi connectivity index (χ0n) is 7.88. The van der Waals surface area contributed by atoms with Gasteiger partial charge in [0, 0.05) is 31.4 Å². The van der Waals surface area contributed by atoms with E-state index in [1.807, 2.05) is 13.2 Å². The number of rotatable bonds is 1. The van der Waals surface area contributed by atoms with Crippen LogP contribution in [0.25, 0.3) is 0 Å².